The average Bonchev–Trinajstić information content (AvgIpc) is 3.26. The van der Waals surface area contributed by atoms with Crippen LogP contribution in [0.5, 0.6) is 5.75 Å². The van der Waals surface area contributed by atoms with E-state index in [9.17, 15) is 9.59 Å². The zero-order valence-electron chi connectivity index (χ0n) is 13.0. The molecule has 8 heteroatoms. The van der Waals surface area contributed by atoms with E-state index in [4.69, 9.17) is 9.84 Å². The van der Waals surface area contributed by atoms with E-state index in [1.165, 1.54) is 0 Å². The molecular formula is C16H18N4O4. The minimum Gasteiger partial charge on any atom is -0.482 e. The zero-order valence-corrected chi connectivity index (χ0v) is 13.0. The van der Waals surface area contributed by atoms with Crippen LogP contribution in [0, 0.1) is 0 Å². The van der Waals surface area contributed by atoms with E-state index >= 15 is 0 Å². The van der Waals surface area contributed by atoms with E-state index < -0.39 is 6.09 Å². The van der Waals surface area contributed by atoms with Gasteiger partial charge in [0.1, 0.15) is 5.75 Å². The molecule has 0 atom stereocenters. The number of nitrogens with zero attached hydrogens (tertiary/aromatic N) is 2. The maximum absolute atomic E-state index is 12.1. The van der Waals surface area contributed by atoms with Gasteiger partial charge >= 0.3 is 6.09 Å². The summed E-state index contributed by atoms with van der Waals surface area (Å²) < 4.78 is 5.60. The Labute approximate surface area is 138 Å². The molecule has 24 heavy (non-hydrogen) atoms. The van der Waals surface area contributed by atoms with Gasteiger partial charge < -0.3 is 14.7 Å². The van der Waals surface area contributed by atoms with Crippen LogP contribution in [-0.2, 0) is 4.79 Å². The van der Waals surface area contributed by atoms with E-state index in [2.05, 4.69) is 15.5 Å². The molecule has 1 aromatic carbocycles. The Morgan fingerprint density at radius 1 is 1.29 bits per heavy atom. The fraction of sp³-hybridized carbons (Fsp3) is 0.312. The third-order valence-electron chi connectivity index (χ3n) is 3.86. The smallest absolute Gasteiger partial charge is 0.409 e. The molecule has 1 fully saturated rings. The number of ether oxygens (including phenoxy) is 1. The molecule has 0 saturated carbocycles. The van der Waals surface area contributed by atoms with Gasteiger partial charge in [0.2, 0.25) is 0 Å². The number of carbonyl (C=O) groups is 2. The van der Waals surface area contributed by atoms with Gasteiger partial charge in [-0.1, -0.05) is 6.07 Å². The van der Waals surface area contributed by atoms with Crippen LogP contribution in [0.4, 0.5) is 10.5 Å². The lowest BCUT2D eigenvalue weighted by atomic mass is 10.1. The second-order valence-electron chi connectivity index (χ2n) is 5.50. The van der Waals surface area contributed by atoms with Gasteiger partial charge in [-0.05, 0) is 30.5 Å². The van der Waals surface area contributed by atoms with Crippen LogP contribution < -0.4 is 10.1 Å². The summed E-state index contributed by atoms with van der Waals surface area (Å²) >= 11 is 0. The first-order valence-corrected chi connectivity index (χ1v) is 7.67. The number of H-pyrrole nitrogens is 1. The third-order valence-corrected chi connectivity index (χ3v) is 3.86. The molecule has 1 aliphatic rings. The molecule has 2 heterocycles. The predicted octanol–water partition coefficient (Wildman–Crippen LogP) is 2.17. The highest BCUT2D eigenvalue weighted by molar-refractivity contribution is 5.86. The maximum Gasteiger partial charge on any atom is 0.409 e. The summed E-state index contributed by atoms with van der Waals surface area (Å²) in [6.07, 6.45) is 4.19. The van der Waals surface area contributed by atoms with E-state index in [0.29, 0.717) is 11.4 Å². The highest BCUT2D eigenvalue weighted by atomic mass is 16.5. The number of carboxylic acid groups (broad SMARTS) is 1. The van der Waals surface area contributed by atoms with Gasteiger partial charge in [0, 0.05) is 24.8 Å². The number of aromatic amines is 1. The maximum atomic E-state index is 12.1. The number of likely N-dealkylation sites (tertiary alicyclic amines) is 1. The Hall–Kier alpha value is -3.03. The number of carbonyl (C=O) groups excluding carboxylic acids is 1. The first kappa shape index (κ1) is 15.9. The molecule has 8 nitrogen and oxygen atoms in total. The molecule has 2 amide bonds. The van der Waals surface area contributed by atoms with Gasteiger partial charge in [-0.15, -0.1) is 0 Å². The minimum absolute atomic E-state index is 0.0949. The third kappa shape index (κ3) is 3.65. The van der Waals surface area contributed by atoms with Gasteiger partial charge in [-0.25, -0.2) is 4.79 Å². The number of aromatic nitrogens is 2. The van der Waals surface area contributed by atoms with Crippen molar-refractivity contribution in [2.45, 2.75) is 12.8 Å². The van der Waals surface area contributed by atoms with Crippen LogP contribution in [0.25, 0.3) is 11.1 Å². The summed E-state index contributed by atoms with van der Waals surface area (Å²) in [6.45, 7) is 1.37. The molecule has 1 saturated heterocycles. The number of hydrogen-bond acceptors (Lipinski definition) is 4. The molecule has 0 unspecified atom stereocenters. The highest BCUT2D eigenvalue weighted by Crippen LogP contribution is 2.30. The van der Waals surface area contributed by atoms with Gasteiger partial charge in [0.15, 0.2) is 6.61 Å². The molecular weight excluding hydrogens is 312 g/mol. The van der Waals surface area contributed by atoms with Crippen molar-refractivity contribution < 1.29 is 19.4 Å². The van der Waals surface area contributed by atoms with Gasteiger partial charge in [0.05, 0.1) is 11.9 Å². The summed E-state index contributed by atoms with van der Waals surface area (Å²) in [7, 11) is 0. The van der Waals surface area contributed by atoms with Crippen LogP contribution >= 0.6 is 0 Å². The molecule has 3 N–H and O–H groups in total. The predicted molar refractivity (Wildman–Crippen MR) is 87.0 cm³/mol. The Kier molecular flexibility index (Phi) is 4.64. The zero-order chi connectivity index (χ0) is 16.9. The lowest BCUT2D eigenvalue weighted by Crippen LogP contribution is -2.32. The second-order valence-corrected chi connectivity index (χ2v) is 5.50. The standard InChI is InChI=1S/C16H18N4O4/c21-15(20-5-1-2-6-20)10-24-14-7-11(12-8-17-18-9-12)3-4-13(14)19-16(22)23/h3-4,7-9,19H,1-2,5-6,10H2,(H,17,18)(H,22,23). The normalized spacial score (nSPS) is 13.8. The number of benzene rings is 1. The van der Waals surface area contributed by atoms with E-state index in [1.807, 2.05) is 0 Å². The summed E-state index contributed by atoms with van der Waals surface area (Å²) in [5.41, 5.74) is 1.94. The highest BCUT2D eigenvalue weighted by Gasteiger charge is 2.19. The van der Waals surface area contributed by atoms with Crippen molar-refractivity contribution in [3.05, 3.63) is 30.6 Å². The molecule has 0 radical (unpaired) electrons. The van der Waals surface area contributed by atoms with Crippen LogP contribution in [0.2, 0.25) is 0 Å². The quantitative estimate of drug-likeness (QED) is 0.779. The lowest BCUT2D eigenvalue weighted by molar-refractivity contribution is -0.132. The van der Waals surface area contributed by atoms with Crippen LogP contribution in [-0.4, -0.2) is 51.9 Å². The van der Waals surface area contributed by atoms with Crippen molar-refractivity contribution in [3.8, 4) is 16.9 Å². The van der Waals surface area contributed by atoms with Gasteiger partial charge in [-0.2, -0.15) is 5.10 Å². The second kappa shape index (κ2) is 7.03. The fourth-order valence-electron chi connectivity index (χ4n) is 2.65. The Balaban J connectivity index is 1.78. The Morgan fingerprint density at radius 3 is 2.75 bits per heavy atom. The molecule has 2 aromatic rings. The van der Waals surface area contributed by atoms with E-state index in [-0.39, 0.29) is 12.5 Å². The molecule has 1 aromatic heterocycles. The van der Waals surface area contributed by atoms with Crippen molar-refractivity contribution >= 4 is 17.7 Å². The summed E-state index contributed by atoms with van der Waals surface area (Å²) in [4.78, 5) is 24.8. The summed E-state index contributed by atoms with van der Waals surface area (Å²) in [6, 6.07) is 5.05. The van der Waals surface area contributed by atoms with Crippen molar-refractivity contribution in [2.75, 3.05) is 25.0 Å². The monoisotopic (exact) mass is 330 g/mol. The number of rotatable bonds is 5. The molecule has 126 valence electrons. The van der Waals surface area contributed by atoms with Crippen molar-refractivity contribution in [1.82, 2.24) is 15.1 Å². The fourth-order valence-corrected chi connectivity index (χ4v) is 2.65. The minimum atomic E-state index is -1.19. The summed E-state index contributed by atoms with van der Waals surface area (Å²) in [5.74, 6) is 0.214. The largest absolute Gasteiger partial charge is 0.482 e. The number of hydrogen-bond donors (Lipinski definition) is 3. The summed E-state index contributed by atoms with van der Waals surface area (Å²) in [5, 5.41) is 17.8. The lowest BCUT2D eigenvalue weighted by Gasteiger charge is -2.17. The first-order valence-electron chi connectivity index (χ1n) is 7.67. The van der Waals surface area contributed by atoms with Crippen molar-refractivity contribution in [2.24, 2.45) is 0 Å². The number of nitrogens with one attached hydrogen (secondary N) is 2. The topological polar surface area (TPSA) is 108 Å². The molecule has 0 bridgehead atoms. The Morgan fingerprint density at radius 2 is 2.08 bits per heavy atom. The van der Waals surface area contributed by atoms with Gasteiger partial charge in [-0.3, -0.25) is 15.2 Å². The van der Waals surface area contributed by atoms with E-state index in [1.54, 1.807) is 35.5 Å². The van der Waals surface area contributed by atoms with Crippen LogP contribution in [0.3, 0.4) is 0 Å². The number of amides is 2. The van der Waals surface area contributed by atoms with Gasteiger partial charge in [0.25, 0.3) is 5.91 Å². The molecule has 1 aliphatic heterocycles. The Bertz CT molecular complexity index is 724. The van der Waals surface area contributed by atoms with Crippen LogP contribution in [0.1, 0.15) is 12.8 Å². The SMILES string of the molecule is O=C(O)Nc1ccc(-c2cn[nH]c2)cc1OCC(=O)N1CCCC1. The van der Waals surface area contributed by atoms with Crippen molar-refractivity contribution in [3.63, 3.8) is 0 Å². The molecule has 0 aliphatic carbocycles. The first-order chi connectivity index (χ1) is 11.6. The number of anilines is 1. The van der Waals surface area contributed by atoms with E-state index in [0.717, 1.165) is 37.1 Å². The molecule has 0 spiro atoms. The average molecular weight is 330 g/mol. The van der Waals surface area contributed by atoms with Crippen LogP contribution in [0.15, 0.2) is 30.6 Å². The van der Waals surface area contributed by atoms with Crippen molar-refractivity contribution in [1.29, 1.82) is 0 Å². The molecule has 3 rings (SSSR count).